The minimum atomic E-state index is 0.138. The zero-order chi connectivity index (χ0) is 19.8. The predicted molar refractivity (Wildman–Crippen MR) is 108 cm³/mol. The fourth-order valence-electron chi connectivity index (χ4n) is 5.70. The monoisotopic (exact) mass is 386 g/mol. The van der Waals surface area contributed by atoms with E-state index >= 15 is 0 Å². The maximum Gasteiger partial charge on any atom is 0.174 e. The van der Waals surface area contributed by atoms with Crippen molar-refractivity contribution in [3.05, 3.63) is 54.5 Å². The molecule has 146 valence electrons. The molecule has 4 aliphatic rings. The third-order valence-electron chi connectivity index (χ3n) is 6.90. The van der Waals surface area contributed by atoms with Crippen molar-refractivity contribution >= 4 is 6.08 Å². The molecule has 2 aliphatic heterocycles. The van der Waals surface area contributed by atoms with E-state index in [1.54, 1.807) is 24.8 Å². The molecule has 2 N–H and O–H groups in total. The van der Waals surface area contributed by atoms with E-state index in [1.165, 1.54) is 12.0 Å². The highest BCUT2D eigenvalue weighted by Gasteiger charge is 2.73. The normalized spacial score (nSPS) is 33.2. The van der Waals surface area contributed by atoms with Crippen molar-refractivity contribution in [2.75, 3.05) is 0 Å². The number of hydrogen-bond acceptors (Lipinski definition) is 6. The Hall–Kier alpha value is -3.06. The highest BCUT2D eigenvalue weighted by atomic mass is 16.3. The van der Waals surface area contributed by atoms with Crippen LogP contribution in [0.4, 0.5) is 0 Å². The first-order chi connectivity index (χ1) is 14.0. The summed E-state index contributed by atoms with van der Waals surface area (Å²) in [7, 11) is 0. The second kappa shape index (κ2) is 5.51. The van der Waals surface area contributed by atoms with E-state index in [4.69, 9.17) is 0 Å². The van der Waals surface area contributed by atoms with Gasteiger partial charge >= 0.3 is 0 Å². The van der Waals surface area contributed by atoms with Gasteiger partial charge in [0.1, 0.15) is 11.4 Å². The van der Waals surface area contributed by atoms with Crippen molar-refractivity contribution in [3.8, 4) is 22.7 Å². The summed E-state index contributed by atoms with van der Waals surface area (Å²) in [4.78, 5) is 8.53. The number of imidazole rings is 1. The van der Waals surface area contributed by atoms with Crippen LogP contribution in [0.25, 0.3) is 23.0 Å². The van der Waals surface area contributed by atoms with Crippen LogP contribution in [0.15, 0.2) is 48.7 Å². The third kappa shape index (κ3) is 2.47. The molecule has 4 bridgehead atoms. The lowest BCUT2D eigenvalue weighted by atomic mass is 9.79. The number of aromatic nitrogens is 5. The van der Waals surface area contributed by atoms with E-state index in [0.29, 0.717) is 23.0 Å². The molecule has 0 spiro atoms. The van der Waals surface area contributed by atoms with Gasteiger partial charge in [-0.15, -0.1) is 10.2 Å². The number of fused-ring (bicyclic) bond motifs is 1. The van der Waals surface area contributed by atoms with Crippen LogP contribution >= 0.6 is 0 Å². The molecule has 4 atom stereocenters. The van der Waals surface area contributed by atoms with E-state index in [9.17, 15) is 5.11 Å². The smallest absolute Gasteiger partial charge is 0.174 e. The van der Waals surface area contributed by atoms with Gasteiger partial charge in [0.2, 0.25) is 0 Å². The molecule has 7 nitrogen and oxygen atoms in total. The van der Waals surface area contributed by atoms with Crippen molar-refractivity contribution in [2.45, 2.75) is 37.8 Å². The number of nitrogens with zero attached hydrogens (tertiary/aromatic N) is 5. The first-order valence-corrected chi connectivity index (χ1v) is 9.96. The third-order valence-corrected chi connectivity index (χ3v) is 6.90. The van der Waals surface area contributed by atoms with Crippen LogP contribution in [0.1, 0.15) is 32.5 Å². The van der Waals surface area contributed by atoms with Crippen LogP contribution in [0.2, 0.25) is 0 Å². The number of phenols is 1. The average molecular weight is 386 g/mol. The number of rotatable bonds is 3. The van der Waals surface area contributed by atoms with Gasteiger partial charge in [-0.1, -0.05) is 5.57 Å². The first-order valence-electron chi connectivity index (χ1n) is 9.96. The predicted octanol–water partition coefficient (Wildman–Crippen LogP) is 2.97. The van der Waals surface area contributed by atoms with Gasteiger partial charge in [-0.25, -0.2) is 9.97 Å². The minimum Gasteiger partial charge on any atom is -0.507 e. The Morgan fingerprint density at radius 2 is 2.17 bits per heavy atom. The molecule has 4 fully saturated rings. The van der Waals surface area contributed by atoms with Crippen LogP contribution in [-0.4, -0.2) is 40.9 Å². The summed E-state index contributed by atoms with van der Waals surface area (Å²) in [6.07, 6.45) is 11.3. The van der Waals surface area contributed by atoms with Gasteiger partial charge in [0, 0.05) is 41.0 Å². The van der Waals surface area contributed by atoms with E-state index < -0.39 is 0 Å². The molecule has 2 unspecified atom stereocenters. The summed E-state index contributed by atoms with van der Waals surface area (Å²) >= 11 is 0. The summed E-state index contributed by atoms with van der Waals surface area (Å²) < 4.78 is 1.83. The quantitative estimate of drug-likeness (QED) is 0.719. The topological polar surface area (TPSA) is 88.8 Å². The highest BCUT2D eigenvalue weighted by molar-refractivity contribution is 5.68. The van der Waals surface area contributed by atoms with Gasteiger partial charge in [-0.2, -0.15) is 0 Å². The summed E-state index contributed by atoms with van der Waals surface area (Å²) in [5.74, 6) is 2.12. The molecule has 2 aromatic heterocycles. The maximum absolute atomic E-state index is 10.5. The molecule has 29 heavy (non-hydrogen) atoms. The van der Waals surface area contributed by atoms with E-state index in [-0.39, 0.29) is 16.8 Å². The van der Waals surface area contributed by atoms with Crippen molar-refractivity contribution in [3.63, 3.8) is 0 Å². The fourth-order valence-corrected chi connectivity index (χ4v) is 5.70. The summed E-state index contributed by atoms with van der Waals surface area (Å²) in [6.45, 7) is 4.64. The Labute approximate surface area is 168 Å². The first kappa shape index (κ1) is 16.9. The van der Waals surface area contributed by atoms with Gasteiger partial charge in [0.25, 0.3) is 0 Å². The van der Waals surface area contributed by atoms with Gasteiger partial charge in [-0.05, 0) is 50.8 Å². The largest absolute Gasteiger partial charge is 0.507 e. The Morgan fingerprint density at radius 3 is 2.79 bits per heavy atom. The molecule has 2 saturated carbocycles. The number of aromatic hydroxyl groups is 1. The lowest BCUT2D eigenvalue weighted by Gasteiger charge is -2.38. The molecule has 0 radical (unpaired) electrons. The molecule has 2 aliphatic carbocycles. The second-order valence-corrected chi connectivity index (χ2v) is 9.03. The molecule has 1 aromatic carbocycles. The van der Waals surface area contributed by atoms with E-state index in [2.05, 4.69) is 45.4 Å². The van der Waals surface area contributed by atoms with Gasteiger partial charge < -0.3 is 15.0 Å². The summed E-state index contributed by atoms with van der Waals surface area (Å²) in [5, 5.41) is 22.9. The lowest BCUT2D eigenvalue weighted by molar-refractivity contribution is 0.278. The molecule has 2 saturated heterocycles. The number of nitrogens with one attached hydrogen (secondary N) is 1. The zero-order valence-electron chi connectivity index (χ0n) is 16.4. The van der Waals surface area contributed by atoms with Crippen molar-refractivity contribution in [2.24, 2.45) is 11.8 Å². The molecule has 3 aromatic rings. The standard InChI is InChI=1S/C22H22N6O/c1-21-9-13(20-16(10-21)22(20,2)27-21)7-19-24-11-17(25-26-19)15-4-3-14(8-18(15)29)28-6-5-23-12-28/h3-8,11-12,16,20,27,29H,9-10H2,1-2H3/b13-7+/t16?,20?,21-,22-/m0/s1. The SMILES string of the molecule is C[C@]12C/C(=C\c3ncc(-c4ccc(-n5ccnc5)cc4O)nn3)C3C(C1)[C@]3(C)N2. The Morgan fingerprint density at radius 1 is 1.28 bits per heavy atom. The van der Waals surface area contributed by atoms with E-state index in [1.807, 2.05) is 22.9 Å². The van der Waals surface area contributed by atoms with Crippen LogP contribution in [0.3, 0.4) is 0 Å². The van der Waals surface area contributed by atoms with Gasteiger partial charge in [-0.3, -0.25) is 0 Å². The molecule has 7 rings (SSSR count). The maximum atomic E-state index is 10.5. The van der Waals surface area contributed by atoms with Crippen molar-refractivity contribution in [1.29, 1.82) is 0 Å². The minimum absolute atomic E-state index is 0.138. The van der Waals surface area contributed by atoms with Crippen LogP contribution in [-0.2, 0) is 0 Å². The van der Waals surface area contributed by atoms with Crippen molar-refractivity contribution in [1.82, 2.24) is 30.0 Å². The fraction of sp³-hybridized carbons (Fsp3) is 0.364. The number of benzene rings is 1. The van der Waals surface area contributed by atoms with Crippen LogP contribution < -0.4 is 5.32 Å². The van der Waals surface area contributed by atoms with Crippen LogP contribution in [0, 0.1) is 11.8 Å². The molecule has 7 heteroatoms. The molecular weight excluding hydrogens is 364 g/mol. The van der Waals surface area contributed by atoms with Gasteiger partial charge in [0.15, 0.2) is 5.82 Å². The molecular formula is C22H22N6O. The Balaban J connectivity index is 1.27. The summed E-state index contributed by atoms with van der Waals surface area (Å²) in [6, 6.07) is 5.42. The highest BCUT2D eigenvalue weighted by Crippen LogP contribution is 2.68. The number of piperidine rings is 2. The van der Waals surface area contributed by atoms with Crippen LogP contribution in [0.5, 0.6) is 5.75 Å². The molecule has 0 amide bonds. The summed E-state index contributed by atoms with van der Waals surface area (Å²) in [5.41, 5.74) is 3.89. The molecule has 4 heterocycles. The van der Waals surface area contributed by atoms with E-state index in [0.717, 1.165) is 18.0 Å². The number of hydrogen-bond donors (Lipinski definition) is 2. The lowest BCUT2D eigenvalue weighted by Crippen LogP contribution is -2.49. The van der Waals surface area contributed by atoms with Crippen molar-refractivity contribution < 1.29 is 5.11 Å². The Bertz CT molecular complexity index is 1140. The van der Waals surface area contributed by atoms with Gasteiger partial charge in [0.05, 0.1) is 18.2 Å². The second-order valence-electron chi connectivity index (χ2n) is 9.03. The zero-order valence-corrected chi connectivity index (χ0v) is 16.4. The average Bonchev–Trinajstić information content (AvgIpc) is 3.05. The number of phenolic OH excluding ortho intramolecular Hbond substituents is 1. The Kier molecular flexibility index (Phi) is 3.20.